The van der Waals surface area contributed by atoms with E-state index in [1.807, 2.05) is 6.92 Å². The second kappa shape index (κ2) is 7.06. The molecule has 2 aromatic carbocycles. The number of aliphatic hydroxyl groups excluding tert-OH is 1. The van der Waals surface area contributed by atoms with Gasteiger partial charge < -0.3 is 5.11 Å². The first kappa shape index (κ1) is 17.4. The lowest BCUT2D eigenvalue weighted by atomic mass is 9.95. The fourth-order valence-corrected chi connectivity index (χ4v) is 3.97. The number of carbonyl (C=O) groups is 1. The van der Waals surface area contributed by atoms with Gasteiger partial charge in [0.05, 0.1) is 22.7 Å². The number of hydrogen-bond donors (Lipinski definition) is 1. The van der Waals surface area contributed by atoms with Crippen LogP contribution in [0.15, 0.2) is 59.5 Å². The second-order valence-corrected chi connectivity index (χ2v) is 7.71. The average Bonchev–Trinajstić information content (AvgIpc) is 2.53. The zero-order chi connectivity index (χ0) is 17.0. The molecule has 0 fully saturated rings. The minimum Gasteiger partial charge on any atom is -0.393 e. The van der Waals surface area contributed by atoms with E-state index in [0.717, 1.165) is 5.56 Å². The van der Waals surface area contributed by atoms with Crippen molar-refractivity contribution in [3.8, 4) is 0 Å². The lowest BCUT2D eigenvalue weighted by Gasteiger charge is -2.19. The quantitative estimate of drug-likeness (QED) is 0.826. The third kappa shape index (κ3) is 4.27. The Kier molecular flexibility index (Phi) is 5.34. The number of aryl methyl sites for hydroxylation is 1. The minimum absolute atomic E-state index is 0.162. The van der Waals surface area contributed by atoms with Crippen LogP contribution in [0.4, 0.5) is 0 Å². The first-order chi connectivity index (χ1) is 10.8. The summed E-state index contributed by atoms with van der Waals surface area (Å²) in [6.07, 6.45) is -1.05. The highest BCUT2D eigenvalue weighted by Gasteiger charge is 2.31. The van der Waals surface area contributed by atoms with Crippen molar-refractivity contribution in [1.29, 1.82) is 0 Å². The van der Waals surface area contributed by atoms with Crippen LogP contribution in [0.1, 0.15) is 22.8 Å². The Balaban J connectivity index is 2.29. The smallest absolute Gasteiger partial charge is 0.179 e. The van der Waals surface area contributed by atoms with Gasteiger partial charge >= 0.3 is 0 Å². The number of sulfone groups is 1. The molecule has 0 aliphatic heterocycles. The largest absolute Gasteiger partial charge is 0.393 e. The molecule has 23 heavy (non-hydrogen) atoms. The molecule has 0 saturated heterocycles. The van der Waals surface area contributed by atoms with Crippen LogP contribution >= 0.6 is 0 Å². The number of carbonyl (C=O) groups excluding carboxylic acids is 1. The second-order valence-electron chi connectivity index (χ2n) is 5.67. The summed E-state index contributed by atoms with van der Waals surface area (Å²) in [6.45, 7) is 3.31. The molecule has 0 aliphatic rings. The summed E-state index contributed by atoms with van der Waals surface area (Å²) < 4.78 is 25.1. The highest BCUT2D eigenvalue weighted by Crippen LogP contribution is 2.20. The highest BCUT2D eigenvalue weighted by molar-refractivity contribution is 7.91. The SMILES string of the molecule is Cc1ccc(S(=O)(=O)C[C@@H](C(=O)c2ccccc2)[C@H](C)O)cc1. The fraction of sp³-hybridized carbons (Fsp3) is 0.278. The van der Waals surface area contributed by atoms with E-state index in [0.29, 0.717) is 5.56 Å². The van der Waals surface area contributed by atoms with Crippen molar-refractivity contribution < 1.29 is 18.3 Å². The van der Waals surface area contributed by atoms with Crippen molar-refractivity contribution in [3.63, 3.8) is 0 Å². The van der Waals surface area contributed by atoms with Gasteiger partial charge in [-0.3, -0.25) is 4.79 Å². The fourth-order valence-electron chi connectivity index (χ4n) is 2.33. The standard InChI is InChI=1S/C18H20O4S/c1-13-8-10-16(11-9-13)23(21,22)12-17(14(2)19)18(20)15-6-4-3-5-7-15/h3-11,14,17,19H,12H2,1-2H3/t14-,17+/m0/s1. The van der Waals surface area contributed by atoms with Gasteiger partial charge in [-0.1, -0.05) is 48.0 Å². The summed E-state index contributed by atoms with van der Waals surface area (Å²) in [7, 11) is -3.66. The predicted octanol–water partition coefficient (Wildman–Crippen LogP) is 2.65. The molecule has 122 valence electrons. The Morgan fingerprint density at radius 2 is 1.61 bits per heavy atom. The molecule has 0 aromatic heterocycles. The van der Waals surface area contributed by atoms with Crippen molar-refractivity contribution >= 4 is 15.6 Å². The van der Waals surface area contributed by atoms with Crippen molar-refractivity contribution in [3.05, 3.63) is 65.7 Å². The van der Waals surface area contributed by atoms with Gasteiger partial charge in [-0.2, -0.15) is 0 Å². The van der Waals surface area contributed by atoms with Gasteiger partial charge in [0, 0.05) is 5.56 Å². The van der Waals surface area contributed by atoms with Crippen molar-refractivity contribution in [2.45, 2.75) is 24.8 Å². The van der Waals surface area contributed by atoms with Crippen molar-refractivity contribution in [2.75, 3.05) is 5.75 Å². The van der Waals surface area contributed by atoms with Crippen molar-refractivity contribution in [2.24, 2.45) is 5.92 Å². The zero-order valence-electron chi connectivity index (χ0n) is 13.1. The summed E-state index contributed by atoms with van der Waals surface area (Å²) in [5.41, 5.74) is 1.36. The molecule has 2 rings (SSSR count). The van der Waals surface area contributed by atoms with E-state index < -0.39 is 27.6 Å². The summed E-state index contributed by atoms with van der Waals surface area (Å²) in [5.74, 6) is -1.78. The molecule has 2 aromatic rings. The summed E-state index contributed by atoms with van der Waals surface area (Å²) in [5, 5.41) is 9.91. The van der Waals surface area contributed by atoms with E-state index in [1.54, 1.807) is 42.5 Å². The molecule has 2 atom stereocenters. The van der Waals surface area contributed by atoms with Gasteiger partial charge in [0.25, 0.3) is 0 Å². The molecule has 0 saturated carbocycles. The molecule has 0 amide bonds. The molecule has 0 spiro atoms. The molecule has 0 aliphatic carbocycles. The molecule has 0 radical (unpaired) electrons. The van der Waals surface area contributed by atoms with Crippen LogP contribution in [-0.4, -0.2) is 31.2 Å². The zero-order valence-corrected chi connectivity index (χ0v) is 14.0. The highest BCUT2D eigenvalue weighted by atomic mass is 32.2. The summed E-state index contributed by atoms with van der Waals surface area (Å²) in [4.78, 5) is 12.7. The number of hydrogen-bond acceptors (Lipinski definition) is 4. The van der Waals surface area contributed by atoms with Crippen LogP contribution in [-0.2, 0) is 9.84 Å². The molecule has 0 bridgehead atoms. The molecular weight excluding hydrogens is 312 g/mol. The number of rotatable bonds is 6. The number of ketones is 1. The maximum atomic E-state index is 12.5. The molecule has 0 unspecified atom stereocenters. The molecule has 4 nitrogen and oxygen atoms in total. The van der Waals surface area contributed by atoms with E-state index in [-0.39, 0.29) is 10.7 Å². The normalized spacial score (nSPS) is 14.2. The van der Waals surface area contributed by atoms with Gasteiger partial charge in [-0.15, -0.1) is 0 Å². The average molecular weight is 332 g/mol. The monoisotopic (exact) mass is 332 g/mol. The Morgan fingerprint density at radius 1 is 1.04 bits per heavy atom. The Bertz CT molecular complexity index is 762. The lowest BCUT2D eigenvalue weighted by molar-refractivity contribution is 0.0763. The number of aliphatic hydroxyl groups is 1. The van der Waals surface area contributed by atoms with Crippen LogP contribution < -0.4 is 0 Å². The van der Waals surface area contributed by atoms with Gasteiger partial charge in [-0.25, -0.2) is 8.42 Å². The van der Waals surface area contributed by atoms with Crippen molar-refractivity contribution in [1.82, 2.24) is 0 Å². The maximum absolute atomic E-state index is 12.5. The molecule has 5 heteroatoms. The predicted molar refractivity (Wildman–Crippen MR) is 89.2 cm³/mol. The van der Waals surface area contributed by atoms with E-state index >= 15 is 0 Å². The topological polar surface area (TPSA) is 71.4 Å². The number of Topliss-reactive ketones (excluding diaryl/α,β-unsaturated/α-hetero) is 1. The maximum Gasteiger partial charge on any atom is 0.179 e. The van der Waals surface area contributed by atoms with E-state index in [4.69, 9.17) is 0 Å². The molecular formula is C18H20O4S. The molecule has 0 heterocycles. The Labute approximate surface area is 136 Å². The molecule has 1 N–H and O–H groups in total. The van der Waals surface area contributed by atoms with Gasteiger partial charge in [0.1, 0.15) is 0 Å². The lowest BCUT2D eigenvalue weighted by Crippen LogP contribution is -2.33. The summed E-state index contributed by atoms with van der Waals surface area (Å²) in [6, 6.07) is 14.9. The third-order valence-electron chi connectivity index (χ3n) is 3.76. The Morgan fingerprint density at radius 3 is 2.13 bits per heavy atom. The van der Waals surface area contributed by atoms with Crippen LogP contribution in [0.3, 0.4) is 0 Å². The first-order valence-corrected chi connectivity index (χ1v) is 9.03. The third-order valence-corrected chi connectivity index (χ3v) is 5.54. The van der Waals surface area contributed by atoms with E-state index in [2.05, 4.69) is 0 Å². The van der Waals surface area contributed by atoms with E-state index in [9.17, 15) is 18.3 Å². The van der Waals surface area contributed by atoms with Crippen LogP contribution in [0, 0.1) is 12.8 Å². The first-order valence-electron chi connectivity index (χ1n) is 7.38. The van der Waals surface area contributed by atoms with E-state index in [1.165, 1.54) is 19.1 Å². The van der Waals surface area contributed by atoms with Gasteiger partial charge in [0.2, 0.25) is 0 Å². The van der Waals surface area contributed by atoms with Crippen LogP contribution in [0.2, 0.25) is 0 Å². The summed E-state index contributed by atoms with van der Waals surface area (Å²) >= 11 is 0. The van der Waals surface area contributed by atoms with Crippen LogP contribution in [0.25, 0.3) is 0 Å². The Hall–Kier alpha value is -1.98. The van der Waals surface area contributed by atoms with Gasteiger partial charge in [-0.05, 0) is 26.0 Å². The van der Waals surface area contributed by atoms with Gasteiger partial charge in [0.15, 0.2) is 15.6 Å². The minimum atomic E-state index is -3.66. The van der Waals surface area contributed by atoms with Crippen LogP contribution in [0.5, 0.6) is 0 Å². The number of benzene rings is 2.